The molecule has 0 heterocycles. The van der Waals surface area contributed by atoms with Crippen molar-refractivity contribution in [3.05, 3.63) is 0 Å². The Balaban J connectivity index is 2.19. The number of nitrogens with one attached hydrogen (secondary N) is 1. The molecule has 1 rings (SSSR count). The summed E-state index contributed by atoms with van der Waals surface area (Å²) in [5.74, 6) is -0.224. The molecule has 1 atom stereocenters. The maximum atomic E-state index is 11.6. The van der Waals surface area contributed by atoms with Crippen molar-refractivity contribution >= 4 is 11.9 Å². The van der Waals surface area contributed by atoms with Gasteiger partial charge in [0.15, 0.2) is 0 Å². The second kappa shape index (κ2) is 6.51. The molecule has 0 aromatic heterocycles. The molecule has 0 aromatic carbocycles. The van der Waals surface area contributed by atoms with Crippen LogP contribution in [0.1, 0.15) is 46.0 Å². The Labute approximate surface area is 96.7 Å². The van der Waals surface area contributed by atoms with E-state index in [9.17, 15) is 9.59 Å². The average Bonchev–Trinajstić information content (AvgIpc) is 2.14. The minimum absolute atomic E-state index is 0.00816. The Hall–Kier alpha value is -1.06. The summed E-state index contributed by atoms with van der Waals surface area (Å²) in [6.45, 7) is 4.15. The van der Waals surface area contributed by atoms with Gasteiger partial charge in [-0.3, -0.25) is 4.79 Å². The molecular weight excluding hydrogens is 206 g/mol. The number of hydrogen-bond acceptors (Lipinski definition) is 3. The van der Waals surface area contributed by atoms with Crippen molar-refractivity contribution in [2.45, 2.75) is 52.0 Å². The van der Waals surface area contributed by atoms with Gasteiger partial charge in [-0.15, -0.1) is 0 Å². The van der Waals surface area contributed by atoms with Crippen LogP contribution in [0.5, 0.6) is 0 Å². The molecule has 1 aliphatic carbocycles. The van der Waals surface area contributed by atoms with Gasteiger partial charge in [-0.25, -0.2) is 4.79 Å². The first kappa shape index (κ1) is 13.0. The van der Waals surface area contributed by atoms with Gasteiger partial charge in [0.25, 0.3) is 0 Å². The number of carbonyl (C=O) groups excluding carboxylic acids is 2. The van der Waals surface area contributed by atoms with Crippen LogP contribution in [-0.2, 0) is 14.3 Å². The third-order valence-corrected chi connectivity index (χ3v) is 2.93. The van der Waals surface area contributed by atoms with Gasteiger partial charge in [-0.2, -0.15) is 0 Å². The van der Waals surface area contributed by atoms with Crippen LogP contribution in [0.25, 0.3) is 0 Å². The van der Waals surface area contributed by atoms with E-state index in [0.717, 1.165) is 32.1 Å². The molecule has 0 aliphatic heterocycles. The summed E-state index contributed by atoms with van der Waals surface area (Å²) in [5.41, 5.74) is 0. The Morgan fingerprint density at radius 2 is 2.12 bits per heavy atom. The van der Waals surface area contributed by atoms with Crippen molar-refractivity contribution in [1.29, 1.82) is 0 Å². The third kappa shape index (κ3) is 3.83. The van der Waals surface area contributed by atoms with E-state index in [1.165, 1.54) is 0 Å². The number of unbranched alkanes of at least 4 members (excludes halogenated alkanes) is 1. The largest absolute Gasteiger partial charge is 0.464 e. The summed E-state index contributed by atoms with van der Waals surface area (Å²) in [4.78, 5) is 23.0. The molecule has 0 saturated heterocycles. The molecule has 1 aliphatic rings. The maximum Gasteiger partial charge on any atom is 0.328 e. The zero-order valence-corrected chi connectivity index (χ0v) is 10.1. The summed E-state index contributed by atoms with van der Waals surface area (Å²) in [6.07, 6.45) is 4.88. The topological polar surface area (TPSA) is 55.4 Å². The highest BCUT2D eigenvalue weighted by atomic mass is 16.5. The van der Waals surface area contributed by atoms with E-state index in [1.54, 1.807) is 6.92 Å². The van der Waals surface area contributed by atoms with Crippen LogP contribution in [0, 0.1) is 5.92 Å². The number of rotatable bonds is 6. The van der Waals surface area contributed by atoms with Crippen LogP contribution < -0.4 is 5.32 Å². The first-order valence-electron chi connectivity index (χ1n) is 6.12. The monoisotopic (exact) mass is 227 g/mol. The molecule has 1 unspecified atom stereocenters. The second-order valence-corrected chi connectivity index (χ2v) is 4.38. The fourth-order valence-corrected chi connectivity index (χ4v) is 1.50. The van der Waals surface area contributed by atoms with Gasteiger partial charge in [0.05, 0.1) is 6.61 Å². The van der Waals surface area contributed by atoms with Crippen LogP contribution in [-0.4, -0.2) is 24.5 Å². The van der Waals surface area contributed by atoms with Crippen molar-refractivity contribution in [3.63, 3.8) is 0 Å². The van der Waals surface area contributed by atoms with Gasteiger partial charge >= 0.3 is 5.97 Å². The minimum atomic E-state index is -0.523. The van der Waals surface area contributed by atoms with Gasteiger partial charge < -0.3 is 10.1 Å². The van der Waals surface area contributed by atoms with Crippen molar-refractivity contribution in [3.8, 4) is 0 Å². The molecule has 0 aromatic rings. The van der Waals surface area contributed by atoms with E-state index in [0.29, 0.717) is 6.61 Å². The van der Waals surface area contributed by atoms with Crippen molar-refractivity contribution in [2.75, 3.05) is 6.61 Å². The Kier molecular flexibility index (Phi) is 5.29. The molecule has 1 N–H and O–H groups in total. The number of hydrogen-bond donors (Lipinski definition) is 1. The molecule has 0 radical (unpaired) electrons. The van der Waals surface area contributed by atoms with E-state index < -0.39 is 6.04 Å². The first-order chi connectivity index (χ1) is 7.65. The van der Waals surface area contributed by atoms with Crippen LogP contribution in [0.15, 0.2) is 0 Å². The van der Waals surface area contributed by atoms with Gasteiger partial charge in [-0.1, -0.05) is 19.8 Å². The van der Waals surface area contributed by atoms with Gasteiger partial charge in [-0.05, 0) is 26.2 Å². The third-order valence-electron chi connectivity index (χ3n) is 2.93. The molecule has 0 spiro atoms. The lowest BCUT2D eigenvalue weighted by Gasteiger charge is -2.25. The summed E-state index contributed by atoms with van der Waals surface area (Å²) >= 11 is 0. The highest BCUT2D eigenvalue weighted by Crippen LogP contribution is 2.26. The summed E-state index contributed by atoms with van der Waals surface area (Å²) in [6, 6.07) is -0.523. The predicted molar refractivity (Wildman–Crippen MR) is 60.8 cm³/mol. The van der Waals surface area contributed by atoms with Crippen LogP contribution in [0.3, 0.4) is 0 Å². The summed E-state index contributed by atoms with van der Waals surface area (Å²) in [7, 11) is 0. The molecule has 92 valence electrons. The minimum Gasteiger partial charge on any atom is -0.464 e. The fraction of sp³-hybridized carbons (Fsp3) is 0.833. The molecule has 0 bridgehead atoms. The lowest BCUT2D eigenvalue weighted by atomic mass is 9.84. The van der Waals surface area contributed by atoms with Gasteiger partial charge in [0.2, 0.25) is 5.91 Å². The number of carbonyl (C=O) groups is 2. The standard InChI is InChI=1S/C12H21NO3/c1-3-4-8-16-12(15)9(2)13-11(14)10-6-5-7-10/h9-10H,3-8H2,1-2H3,(H,13,14). The molecular formula is C12H21NO3. The first-order valence-corrected chi connectivity index (χ1v) is 6.12. The fourth-order valence-electron chi connectivity index (χ4n) is 1.50. The molecule has 16 heavy (non-hydrogen) atoms. The molecule has 1 amide bonds. The predicted octanol–water partition coefficient (Wildman–Crippen LogP) is 1.63. The Bertz CT molecular complexity index is 249. The van der Waals surface area contributed by atoms with E-state index in [1.807, 2.05) is 6.92 Å². The zero-order chi connectivity index (χ0) is 12.0. The number of esters is 1. The van der Waals surface area contributed by atoms with E-state index in [-0.39, 0.29) is 17.8 Å². The lowest BCUT2D eigenvalue weighted by Crippen LogP contribution is -2.44. The highest BCUT2D eigenvalue weighted by Gasteiger charge is 2.27. The van der Waals surface area contributed by atoms with Gasteiger partial charge in [0.1, 0.15) is 6.04 Å². The molecule has 1 fully saturated rings. The van der Waals surface area contributed by atoms with Crippen LogP contribution in [0.4, 0.5) is 0 Å². The zero-order valence-electron chi connectivity index (χ0n) is 10.1. The average molecular weight is 227 g/mol. The number of ether oxygens (including phenoxy) is 1. The van der Waals surface area contributed by atoms with E-state index >= 15 is 0 Å². The second-order valence-electron chi connectivity index (χ2n) is 4.38. The summed E-state index contributed by atoms with van der Waals surface area (Å²) in [5, 5.41) is 2.70. The Morgan fingerprint density at radius 1 is 1.44 bits per heavy atom. The number of amides is 1. The van der Waals surface area contributed by atoms with Crippen molar-refractivity contribution < 1.29 is 14.3 Å². The quantitative estimate of drug-likeness (QED) is 0.554. The molecule has 4 heteroatoms. The van der Waals surface area contributed by atoms with Crippen molar-refractivity contribution in [2.24, 2.45) is 5.92 Å². The van der Waals surface area contributed by atoms with Crippen molar-refractivity contribution in [1.82, 2.24) is 5.32 Å². The maximum absolute atomic E-state index is 11.6. The van der Waals surface area contributed by atoms with Crippen LogP contribution >= 0.6 is 0 Å². The summed E-state index contributed by atoms with van der Waals surface area (Å²) < 4.78 is 5.02. The lowest BCUT2D eigenvalue weighted by molar-refractivity contribution is -0.148. The molecule has 1 saturated carbocycles. The van der Waals surface area contributed by atoms with E-state index in [4.69, 9.17) is 4.74 Å². The highest BCUT2D eigenvalue weighted by molar-refractivity contribution is 5.85. The smallest absolute Gasteiger partial charge is 0.328 e. The Morgan fingerprint density at radius 3 is 2.62 bits per heavy atom. The van der Waals surface area contributed by atoms with E-state index in [2.05, 4.69) is 5.32 Å². The SMILES string of the molecule is CCCCOC(=O)C(C)NC(=O)C1CCC1. The van der Waals surface area contributed by atoms with Crippen LogP contribution in [0.2, 0.25) is 0 Å². The molecule has 4 nitrogen and oxygen atoms in total. The normalized spacial score (nSPS) is 17.4. The van der Waals surface area contributed by atoms with Gasteiger partial charge in [0, 0.05) is 5.92 Å².